The van der Waals surface area contributed by atoms with Crippen LogP contribution in [-0.2, 0) is 19.1 Å². The number of Topliss-reactive ketones (excluding diaryl/α,β-unsaturated/α-hetero) is 2. The predicted octanol–water partition coefficient (Wildman–Crippen LogP) is 6.09. The van der Waals surface area contributed by atoms with Gasteiger partial charge in [0, 0.05) is 30.6 Å². The number of aldehydes is 1. The van der Waals surface area contributed by atoms with Gasteiger partial charge in [-0.2, -0.15) is 0 Å². The second-order valence-electron chi connectivity index (χ2n) is 15.7. The molecule has 1 saturated heterocycles. The number of hydrogen-bond donors (Lipinski definition) is 1. The maximum atomic E-state index is 14.0. The van der Waals surface area contributed by atoms with Crippen LogP contribution in [0.15, 0.2) is 0 Å². The fourth-order valence-electron chi connectivity index (χ4n) is 11.0. The van der Waals surface area contributed by atoms with Gasteiger partial charge in [-0.1, -0.05) is 34.6 Å². The topological polar surface area (TPSA) is 80.7 Å². The first kappa shape index (κ1) is 27.5. The lowest BCUT2D eigenvalue weighted by Gasteiger charge is -2.65. The molecule has 4 saturated carbocycles. The first-order valence-corrected chi connectivity index (χ1v) is 14.9. The fourth-order valence-corrected chi connectivity index (χ4v) is 11.0. The van der Waals surface area contributed by atoms with Gasteiger partial charge in [0.05, 0.1) is 17.3 Å². The molecule has 0 aromatic rings. The third kappa shape index (κ3) is 3.38. The van der Waals surface area contributed by atoms with Crippen LogP contribution in [0.4, 0.5) is 0 Å². The summed E-state index contributed by atoms with van der Waals surface area (Å²) in [4.78, 5) is 38.7. The summed E-state index contributed by atoms with van der Waals surface area (Å²) in [6.07, 6.45) is 9.06. The molecule has 5 fully saturated rings. The van der Waals surface area contributed by atoms with E-state index in [2.05, 4.69) is 27.7 Å². The molecule has 0 radical (unpaired) electrons. The van der Waals surface area contributed by atoms with Crippen molar-refractivity contribution in [2.24, 2.45) is 44.8 Å². The molecule has 0 aromatic carbocycles. The lowest BCUT2D eigenvalue weighted by Crippen LogP contribution is -2.63. The first-order valence-electron chi connectivity index (χ1n) is 14.9. The summed E-state index contributed by atoms with van der Waals surface area (Å²) >= 11 is 0. The molecule has 1 N–H and O–H groups in total. The third-order valence-electron chi connectivity index (χ3n) is 13.6. The van der Waals surface area contributed by atoms with Crippen molar-refractivity contribution in [2.45, 2.75) is 137 Å². The molecule has 5 heteroatoms. The Kier molecular flexibility index (Phi) is 5.94. The summed E-state index contributed by atoms with van der Waals surface area (Å²) in [6.45, 7) is 17.0. The molecular formula is C32H50O5. The minimum absolute atomic E-state index is 0.0445. The Bertz CT molecular complexity index is 1010. The van der Waals surface area contributed by atoms with Crippen molar-refractivity contribution in [1.29, 1.82) is 0 Å². The van der Waals surface area contributed by atoms with E-state index in [0.717, 1.165) is 51.2 Å². The SMILES string of the molecule is CC(C1(C)CCC23CC24CCC(=O)C(C)(C)[C@@H]4C(=O)CC3[C@]1(C)CCC=O)[C@@]1(C)CCC(C(C)(C)O)O1. The molecule has 37 heavy (non-hydrogen) atoms. The first-order chi connectivity index (χ1) is 17.0. The molecule has 6 unspecified atom stereocenters. The molecule has 1 heterocycles. The van der Waals surface area contributed by atoms with E-state index < -0.39 is 11.0 Å². The minimum Gasteiger partial charge on any atom is -0.388 e. The van der Waals surface area contributed by atoms with Crippen LogP contribution in [0, 0.1) is 44.8 Å². The van der Waals surface area contributed by atoms with Crippen molar-refractivity contribution in [3.63, 3.8) is 0 Å². The highest BCUT2D eigenvalue weighted by atomic mass is 16.5. The molecule has 1 aliphatic heterocycles. The van der Waals surface area contributed by atoms with Gasteiger partial charge in [-0.3, -0.25) is 9.59 Å². The summed E-state index contributed by atoms with van der Waals surface area (Å²) in [5, 5.41) is 10.7. The van der Waals surface area contributed by atoms with E-state index in [9.17, 15) is 19.5 Å². The van der Waals surface area contributed by atoms with Gasteiger partial charge in [-0.25, -0.2) is 0 Å². The molecule has 9 atom stereocenters. The summed E-state index contributed by atoms with van der Waals surface area (Å²) in [6, 6.07) is 0. The van der Waals surface area contributed by atoms with Crippen molar-refractivity contribution in [3.05, 3.63) is 0 Å². The summed E-state index contributed by atoms with van der Waals surface area (Å²) in [5.74, 6) is 0.813. The van der Waals surface area contributed by atoms with Crippen LogP contribution in [0.1, 0.15) is 120 Å². The molecule has 5 nitrogen and oxygen atoms in total. The number of carbonyl (C=O) groups is 3. The zero-order chi connectivity index (χ0) is 27.4. The van der Waals surface area contributed by atoms with Crippen LogP contribution in [-0.4, -0.2) is 40.3 Å². The van der Waals surface area contributed by atoms with Gasteiger partial charge in [-0.05, 0) is 99.2 Å². The molecular weight excluding hydrogens is 464 g/mol. The van der Waals surface area contributed by atoms with E-state index in [4.69, 9.17) is 4.74 Å². The van der Waals surface area contributed by atoms with Crippen molar-refractivity contribution in [3.8, 4) is 0 Å². The van der Waals surface area contributed by atoms with E-state index in [-0.39, 0.29) is 62.7 Å². The quantitative estimate of drug-likeness (QED) is 0.434. The van der Waals surface area contributed by atoms with Crippen LogP contribution >= 0.6 is 0 Å². The monoisotopic (exact) mass is 514 g/mol. The van der Waals surface area contributed by atoms with Gasteiger partial charge >= 0.3 is 0 Å². The number of ketones is 2. The Hall–Kier alpha value is -1.07. The van der Waals surface area contributed by atoms with E-state index in [1.165, 1.54) is 0 Å². The van der Waals surface area contributed by atoms with E-state index >= 15 is 0 Å². The number of hydrogen-bond acceptors (Lipinski definition) is 5. The number of ether oxygens (including phenoxy) is 1. The highest BCUT2D eigenvalue weighted by Gasteiger charge is 2.83. The number of aliphatic hydroxyl groups is 1. The molecule has 5 aliphatic rings. The average molecular weight is 515 g/mol. The van der Waals surface area contributed by atoms with Gasteiger partial charge in [0.2, 0.25) is 0 Å². The van der Waals surface area contributed by atoms with Crippen molar-refractivity contribution < 1.29 is 24.2 Å². The molecule has 208 valence electrons. The summed E-state index contributed by atoms with van der Waals surface area (Å²) < 4.78 is 6.68. The summed E-state index contributed by atoms with van der Waals surface area (Å²) in [7, 11) is 0. The Morgan fingerprint density at radius 3 is 2.32 bits per heavy atom. The van der Waals surface area contributed by atoms with Crippen molar-refractivity contribution >= 4 is 17.9 Å². The molecule has 4 aliphatic carbocycles. The lowest BCUT2D eigenvalue weighted by atomic mass is 9.38. The van der Waals surface area contributed by atoms with Gasteiger partial charge in [0.15, 0.2) is 0 Å². The standard InChI is InChI=1S/C32H50O5/c1-20(30(8)13-11-24(37-30)27(4,5)36)28(6)15-16-31-19-32(31)14-10-23(35)26(2,3)25(32)21(34)18-22(31)29(28,7)12-9-17-33/h17,20,22,24-25,36H,9-16,18-19H2,1-8H3/t20?,22?,24?,25-,28?,29-,30+,31?,32?/m0/s1. The van der Waals surface area contributed by atoms with E-state index in [1.54, 1.807) is 0 Å². The molecule has 0 aromatic heterocycles. The molecule has 0 amide bonds. The Balaban J connectivity index is 1.54. The van der Waals surface area contributed by atoms with Gasteiger partial charge < -0.3 is 14.6 Å². The van der Waals surface area contributed by atoms with Crippen molar-refractivity contribution in [1.82, 2.24) is 0 Å². The Morgan fingerprint density at radius 2 is 1.73 bits per heavy atom. The second kappa shape index (κ2) is 7.99. The van der Waals surface area contributed by atoms with Crippen LogP contribution in [0.3, 0.4) is 0 Å². The van der Waals surface area contributed by atoms with Crippen LogP contribution in [0.25, 0.3) is 0 Å². The largest absolute Gasteiger partial charge is 0.388 e. The number of rotatable bonds is 6. The Labute approximate surface area is 223 Å². The smallest absolute Gasteiger partial charge is 0.139 e. The van der Waals surface area contributed by atoms with Crippen LogP contribution < -0.4 is 0 Å². The second-order valence-corrected chi connectivity index (χ2v) is 15.7. The molecule has 0 bridgehead atoms. The normalized spacial score (nSPS) is 49.6. The van der Waals surface area contributed by atoms with Gasteiger partial charge in [-0.15, -0.1) is 0 Å². The highest BCUT2D eigenvalue weighted by Crippen LogP contribution is 2.87. The maximum Gasteiger partial charge on any atom is 0.139 e. The zero-order valence-electron chi connectivity index (χ0n) is 24.5. The van der Waals surface area contributed by atoms with E-state index in [1.807, 2.05) is 27.7 Å². The highest BCUT2D eigenvalue weighted by molar-refractivity contribution is 5.96. The lowest BCUT2D eigenvalue weighted by molar-refractivity contribution is -0.207. The van der Waals surface area contributed by atoms with E-state index in [0.29, 0.717) is 19.3 Å². The minimum atomic E-state index is -0.883. The third-order valence-corrected chi connectivity index (χ3v) is 13.6. The van der Waals surface area contributed by atoms with Crippen LogP contribution in [0.5, 0.6) is 0 Å². The van der Waals surface area contributed by atoms with Crippen molar-refractivity contribution in [2.75, 3.05) is 0 Å². The number of carbonyl (C=O) groups excluding carboxylic acids is 3. The molecule has 5 rings (SSSR count). The van der Waals surface area contributed by atoms with Gasteiger partial charge in [0.25, 0.3) is 0 Å². The average Bonchev–Trinajstić information content (AvgIpc) is 3.27. The van der Waals surface area contributed by atoms with Crippen LogP contribution in [0.2, 0.25) is 0 Å². The zero-order valence-corrected chi connectivity index (χ0v) is 24.5. The Morgan fingerprint density at radius 1 is 1.05 bits per heavy atom. The summed E-state index contributed by atoms with van der Waals surface area (Å²) in [5.41, 5.74) is -2.08. The predicted molar refractivity (Wildman–Crippen MR) is 143 cm³/mol. The maximum absolute atomic E-state index is 14.0. The van der Waals surface area contributed by atoms with Gasteiger partial charge in [0.1, 0.15) is 17.9 Å². The fraction of sp³-hybridized carbons (Fsp3) is 0.906. The molecule has 2 spiro atoms.